The maximum Gasteiger partial charge on any atom is 0.339 e. The molecule has 0 aliphatic heterocycles. The van der Waals surface area contributed by atoms with Crippen LogP contribution in [0.25, 0.3) is 0 Å². The van der Waals surface area contributed by atoms with Gasteiger partial charge < -0.3 is 15.4 Å². The van der Waals surface area contributed by atoms with E-state index in [9.17, 15) is 4.79 Å². The number of carbonyl (C=O) groups excluding carboxylic acids is 1. The topological polar surface area (TPSA) is 76.1 Å². The number of aromatic nitrogens is 2. The highest BCUT2D eigenvalue weighted by Crippen LogP contribution is 2.28. The maximum atomic E-state index is 12.0. The van der Waals surface area contributed by atoms with Crippen LogP contribution < -0.4 is 10.6 Å². The van der Waals surface area contributed by atoms with Gasteiger partial charge in [-0.25, -0.2) is 14.8 Å². The molecule has 0 aliphatic rings. The molecule has 3 rings (SSSR count). The molecule has 2 N–H and O–H groups in total. The summed E-state index contributed by atoms with van der Waals surface area (Å²) in [5.74, 6) is 1.87. The van der Waals surface area contributed by atoms with Crippen molar-refractivity contribution in [1.29, 1.82) is 0 Å². The van der Waals surface area contributed by atoms with Crippen LogP contribution in [0, 0.1) is 6.92 Å². The molecule has 0 amide bonds. The van der Waals surface area contributed by atoms with Crippen LogP contribution in [0.15, 0.2) is 54.6 Å². The SMILES string of the molecule is COC(=O)c1ccccc1Nc1cc(Nc2ccccc2C(C)C)nc(C)n1. The van der Waals surface area contributed by atoms with Gasteiger partial charge in [0.1, 0.15) is 17.5 Å². The van der Waals surface area contributed by atoms with Crippen LogP contribution in [-0.4, -0.2) is 23.0 Å². The molecule has 6 nitrogen and oxygen atoms in total. The van der Waals surface area contributed by atoms with Crippen LogP contribution in [0.2, 0.25) is 0 Å². The Morgan fingerprint density at radius 1 is 0.929 bits per heavy atom. The Labute approximate surface area is 165 Å². The van der Waals surface area contributed by atoms with Gasteiger partial charge in [0, 0.05) is 11.8 Å². The number of aryl methyl sites for hydroxylation is 1. The molecule has 0 unspecified atom stereocenters. The molecule has 3 aromatic rings. The average molecular weight is 376 g/mol. The fourth-order valence-electron chi connectivity index (χ4n) is 2.97. The van der Waals surface area contributed by atoms with Crippen molar-refractivity contribution < 1.29 is 9.53 Å². The zero-order valence-electron chi connectivity index (χ0n) is 16.5. The van der Waals surface area contributed by atoms with E-state index in [1.807, 2.05) is 43.3 Å². The van der Waals surface area contributed by atoms with Gasteiger partial charge in [0.15, 0.2) is 0 Å². The van der Waals surface area contributed by atoms with E-state index in [2.05, 4.69) is 40.5 Å². The molecule has 0 bridgehead atoms. The Kier molecular flexibility index (Phi) is 5.89. The third kappa shape index (κ3) is 4.46. The Morgan fingerprint density at radius 2 is 1.50 bits per heavy atom. The quantitative estimate of drug-likeness (QED) is 0.577. The highest BCUT2D eigenvalue weighted by atomic mass is 16.5. The number of nitrogens with one attached hydrogen (secondary N) is 2. The number of ether oxygens (including phenoxy) is 1. The molecule has 6 heteroatoms. The molecule has 144 valence electrons. The number of hydrogen-bond acceptors (Lipinski definition) is 6. The van der Waals surface area contributed by atoms with Crippen molar-refractivity contribution in [1.82, 2.24) is 9.97 Å². The molecule has 0 radical (unpaired) electrons. The Morgan fingerprint density at radius 3 is 2.14 bits per heavy atom. The number of esters is 1. The number of methoxy groups -OCH3 is 1. The lowest BCUT2D eigenvalue weighted by molar-refractivity contribution is 0.0602. The number of rotatable bonds is 6. The summed E-state index contributed by atoms with van der Waals surface area (Å²) >= 11 is 0. The number of anilines is 4. The second-order valence-corrected chi connectivity index (χ2v) is 6.71. The average Bonchev–Trinajstić information content (AvgIpc) is 2.67. The molecule has 28 heavy (non-hydrogen) atoms. The first kappa shape index (κ1) is 19.4. The van der Waals surface area contributed by atoms with Crippen LogP contribution >= 0.6 is 0 Å². The fraction of sp³-hybridized carbons (Fsp3) is 0.227. The summed E-state index contributed by atoms with van der Waals surface area (Å²) < 4.78 is 4.85. The molecule has 1 aromatic heterocycles. The van der Waals surface area contributed by atoms with Crippen LogP contribution in [0.3, 0.4) is 0 Å². The lowest BCUT2D eigenvalue weighted by atomic mass is 10.0. The number of carbonyl (C=O) groups is 1. The number of hydrogen-bond donors (Lipinski definition) is 2. The predicted octanol–water partition coefficient (Wildman–Crippen LogP) is 5.18. The molecule has 0 atom stereocenters. The van der Waals surface area contributed by atoms with Crippen LogP contribution in [0.1, 0.15) is 41.5 Å². The van der Waals surface area contributed by atoms with E-state index in [4.69, 9.17) is 4.74 Å². The van der Waals surface area contributed by atoms with Crippen LogP contribution in [0.5, 0.6) is 0 Å². The van der Waals surface area contributed by atoms with E-state index in [1.165, 1.54) is 12.7 Å². The normalized spacial score (nSPS) is 10.6. The third-order valence-corrected chi connectivity index (χ3v) is 4.28. The van der Waals surface area contributed by atoms with Gasteiger partial charge in [-0.1, -0.05) is 44.2 Å². The minimum absolute atomic E-state index is 0.385. The summed E-state index contributed by atoms with van der Waals surface area (Å²) in [5.41, 5.74) is 3.29. The summed E-state index contributed by atoms with van der Waals surface area (Å²) in [6.07, 6.45) is 0. The van der Waals surface area contributed by atoms with E-state index in [1.54, 1.807) is 12.1 Å². The number of para-hydroxylation sites is 2. The summed E-state index contributed by atoms with van der Waals surface area (Å²) in [4.78, 5) is 20.9. The summed E-state index contributed by atoms with van der Waals surface area (Å²) in [5, 5.41) is 6.59. The minimum Gasteiger partial charge on any atom is -0.465 e. The lowest BCUT2D eigenvalue weighted by Crippen LogP contribution is -2.07. The molecule has 2 aromatic carbocycles. The zero-order valence-corrected chi connectivity index (χ0v) is 16.5. The molecule has 0 spiro atoms. The largest absolute Gasteiger partial charge is 0.465 e. The molecule has 0 saturated carbocycles. The Bertz CT molecular complexity index is 986. The predicted molar refractivity (Wildman–Crippen MR) is 112 cm³/mol. The number of benzene rings is 2. The number of nitrogens with zero attached hydrogens (tertiary/aromatic N) is 2. The highest BCUT2D eigenvalue weighted by Gasteiger charge is 2.13. The second-order valence-electron chi connectivity index (χ2n) is 6.71. The van der Waals surface area contributed by atoms with Gasteiger partial charge in [0.25, 0.3) is 0 Å². The first-order valence-electron chi connectivity index (χ1n) is 9.14. The van der Waals surface area contributed by atoms with Gasteiger partial charge in [-0.05, 0) is 36.6 Å². The minimum atomic E-state index is -0.405. The van der Waals surface area contributed by atoms with E-state index in [0.29, 0.717) is 34.6 Å². The lowest BCUT2D eigenvalue weighted by Gasteiger charge is -2.15. The van der Waals surface area contributed by atoms with Crippen molar-refractivity contribution in [2.75, 3.05) is 17.7 Å². The van der Waals surface area contributed by atoms with E-state index < -0.39 is 5.97 Å². The van der Waals surface area contributed by atoms with E-state index >= 15 is 0 Å². The molecule has 0 fully saturated rings. The summed E-state index contributed by atoms with van der Waals surface area (Å²) in [6.45, 7) is 6.14. The van der Waals surface area contributed by atoms with Crippen LogP contribution in [-0.2, 0) is 4.74 Å². The van der Waals surface area contributed by atoms with Crippen molar-refractivity contribution in [3.05, 3.63) is 71.5 Å². The maximum absolute atomic E-state index is 12.0. The molecule has 0 saturated heterocycles. The standard InChI is InChI=1S/C22H24N4O2/c1-14(2)16-9-5-7-11-18(16)25-20-13-21(24-15(3)23-20)26-19-12-8-6-10-17(19)22(27)28-4/h5-14H,1-4H3,(H2,23,24,25,26). The van der Waals surface area contributed by atoms with Crippen molar-refractivity contribution in [2.24, 2.45) is 0 Å². The van der Waals surface area contributed by atoms with Crippen molar-refractivity contribution in [3.63, 3.8) is 0 Å². The molecule has 0 aliphatic carbocycles. The van der Waals surface area contributed by atoms with Crippen LogP contribution in [0.4, 0.5) is 23.0 Å². The van der Waals surface area contributed by atoms with Crippen molar-refractivity contribution in [3.8, 4) is 0 Å². The first-order valence-corrected chi connectivity index (χ1v) is 9.14. The fourth-order valence-corrected chi connectivity index (χ4v) is 2.97. The Balaban J connectivity index is 1.91. The van der Waals surface area contributed by atoms with E-state index in [-0.39, 0.29) is 0 Å². The third-order valence-electron chi connectivity index (χ3n) is 4.28. The summed E-state index contributed by atoms with van der Waals surface area (Å²) in [6, 6.07) is 17.1. The Hall–Kier alpha value is -3.41. The van der Waals surface area contributed by atoms with Crippen molar-refractivity contribution >= 4 is 29.0 Å². The van der Waals surface area contributed by atoms with Gasteiger partial charge in [-0.2, -0.15) is 0 Å². The molecular formula is C22H24N4O2. The smallest absolute Gasteiger partial charge is 0.339 e. The summed E-state index contributed by atoms with van der Waals surface area (Å²) in [7, 11) is 1.36. The first-order chi connectivity index (χ1) is 13.5. The monoisotopic (exact) mass is 376 g/mol. The van der Waals surface area contributed by atoms with Gasteiger partial charge in [0.05, 0.1) is 18.4 Å². The van der Waals surface area contributed by atoms with Gasteiger partial charge in [0.2, 0.25) is 0 Å². The highest BCUT2D eigenvalue weighted by molar-refractivity contribution is 5.96. The van der Waals surface area contributed by atoms with Crippen molar-refractivity contribution in [2.45, 2.75) is 26.7 Å². The van der Waals surface area contributed by atoms with Gasteiger partial charge in [-0.15, -0.1) is 0 Å². The van der Waals surface area contributed by atoms with Gasteiger partial charge in [-0.3, -0.25) is 0 Å². The zero-order chi connectivity index (χ0) is 20.1. The van der Waals surface area contributed by atoms with E-state index in [0.717, 1.165) is 5.69 Å². The van der Waals surface area contributed by atoms with Gasteiger partial charge >= 0.3 is 5.97 Å². The molecule has 1 heterocycles. The molecular weight excluding hydrogens is 352 g/mol. The second kappa shape index (κ2) is 8.52.